The minimum Gasteiger partial charge on any atom is -0.481 e. The molecule has 1 N–H and O–H groups in total. The number of ether oxygens (including phenoxy) is 1. The standard InChI is InChI=1S/C19H23N3O3/c23-18(24)19-5-8-25-13-17(19)12-21(14-19)10-15-3-1-4-16(9-15)11-22-7-2-6-20-22/h1-4,6-7,9,17H,5,8,10-14H2,(H,23,24)/t17-,19+/m1/s1. The van der Waals surface area contributed by atoms with Crippen molar-refractivity contribution in [2.24, 2.45) is 11.3 Å². The molecule has 2 aromatic rings. The quantitative estimate of drug-likeness (QED) is 0.899. The van der Waals surface area contributed by atoms with E-state index in [2.05, 4.69) is 34.3 Å². The van der Waals surface area contributed by atoms with Crippen LogP contribution < -0.4 is 0 Å². The van der Waals surface area contributed by atoms with Crippen molar-refractivity contribution in [3.05, 3.63) is 53.9 Å². The van der Waals surface area contributed by atoms with Gasteiger partial charge in [0.2, 0.25) is 0 Å². The molecule has 1 aromatic carbocycles. The number of aromatic nitrogens is 2. The van der Waals surface area contributed by atoms with Crippen LogP contribution in [-0.4, -0.2) is 52.1 Å². The third kappa shape index (κ3) is 3.19. The Morgan fingerprint density at radius 1 is 1.32 bits per heavy atom. The normalized spacial score (nSPS) is 26.5. The molecule has 3 heterocycles. The maximum absolute atomic E-state index is 11.9. The first-order chi connectivity index (χ1) is 12.2. The molecule has 2 aliphatic heterocycles. The van der Waals surface area contributed by atoms with E-state index in [0.717, 1.165) is 19.6 Å². The van der Waals surface area contributed by atoms with Gasteiger partial charge >= 0.3 is 5.97 Å². The Morgan fingerprint density at radius 2 is 2.16 bits per heavy atom. The lowest BCUT2D eigenvalue weighted by Crippen LogP contribution is -2.44. The summed E-state index contributed by atoms with van der Waals surface area (Å²) in [5.74, 6) is -0.582. The zero-order chi connectivity index (χ0) is 17.3. The highest BCUT2D eigenvalue weighted by Gasteiger charge is 2.53. The molecule has 0 spiro atoms. The van der Waals surface area contributed by atoms with Gasteiger partial charge in [0, 0.05) is 44.6 Å². The summed E-state index contributed by atoms with van der Waals surface area (Å²) >= 11 is 0. The topological polar surface area (TPSA) is 67.6 Å². The fourth-order valence-corrected chi connectivity index (χ4v) is 4.19. The van der Waals surface area contributed by atoms with E-state index in [1.165, 1.54) is 11.1 Å². The maximum atomic E-state index is 11.9. The van der Waals surface area contributed by atoms with Crippen molar-refractivity contribution in [1.29, 1.82) is 0 Å². The molecule has 0 radical (unpaired) electrons. The second-order valence-corrected chi connectivity index (χ2v) is 7.18. The van der Waals surface area contributed by atoms with E-state index in [0.29, 0.717) is 26.2 Å². The highest BCUT2D eigenvalue weighted by Crippen LogP contribution is 2.42. The Labute approximate surface area is 147 Å². The second kappa shape index (κ2) is 6.61. The predicted octanol–water partition coefficient (Wildman–Crippen LogP) is 1.85. The van der Waals surface area contributed by atoms with Crippen LogP contribution in [0.25, 0.3) is 0 Å². The minimum absolute atomic E-state index is 0.0889. The van der Waals surface area contributed by atoms with Gasteiger partial charge in [0.05, 0.1) is 18.6 Å². The fourth-order valence-electron chi connectivity index (χ4n) is 4.19. The number of fused-ring (bicyclic) bond motifs is 1. The number of carboxylic acids is 1. The molecule has 2 fully saturated rings. The van der Waals surface area contributed by atoms with E-state index in [4.69, 9.17) is 4.74 Å². The SMILES string of the molecule is O=C(O)[C@]12CCOC[C@H]1CN(Cc1cccc(Cn3cccn3)c1)C2. The van der Waals surface area contributed by atoms with Crippen molar-refractivity contribution >= 4 is 5.97 Å². The molecule has 2 atom stereocenters. The van der Waals surface area contributed by atoms with Crippen LogP contribution in [0.3, 0.4) is 0 Å². The smallest absolute Gasteiger partial charge is 0.311 e. The van der Waals surface area contributed by atoms with Crippen LogP contribution in [0.4, 0.5) is 0 Å². The van der Waals surface area contributed by atoms with Crippen LogP contribution in [0.1, 0.15) is 17.5 Å². The van der Waals surface area contributed by atoms with Gasteiger partial charge in [-0.2, -0.15) is 5.10 Å². The first-order valence-electron chi connectivity index (χ1n) is 8.74. The van der Waals surface area contributed by atoms with E-state index >= 15 is 0 Å². The Balaban J connectivity index is 1.47. The molecule has 1 aromatic heterocycles. The van der Waals surface area contributed by atoms with Gasteiger partial charge in [0.1, 0.15) is 0 Å². The van der Waals surface area contributed by atoms with Crippen LogP contribution in [0.15, 0.2) is 42.7 Å². The number of hydrogen-bond acceptors (Lipinski definition) is 4. The number of carboxylic acid groups (broad SMARTS) is 1. The highest BCUT2D eigenvalue weighted by atomic mass is 16.5. The van der Waals surface area contributed by atoms with Crippen molar-refractivity contribution in [2.45, 2.75) is 19.5 Å². The van der Waals surface area contributed by atoms with Crippen molar-refractivity contribution in [2.75, 3.05) is 26.3 Å². The molecular formula is C19H23N3O3. The summed E-state index contributed by atoms with van der Waals surface area (Å²) < 4.78 is 7.44. The summed E-state index contributed by atoms with van der Waals surface area (Å²) in [6, 6.07) is 10.4. The van der Waals surface area contributed by atoms with Gasteiger partial charge in [0.15, 0.2) is 0 Å². The van der Waals surface area contributed by atoms with Crippen LogP contribution in [-0.2, 0) is 22.6 Å². The van der Waals surface area contributed by atoms with Gasteiger partial charge in [-0.1, -0.05) is 24.3 Å². The van der Waals surface area contributed by atoms with Gasteiger partial charge < -0.3 is 9.84 Å². The fraction of sp³-hybridized carbons (Fsp3) is 0.474. The number of carbonyl (C=O) groups is 1. The lowest BCUT2D eigenvalue weighted by Gasteiger charge is -2.34. The van der Waals surface area contributed by atoms with E-state index < -0.39 is 11.4 Å². The van der Waals surface area contributed by atoms with Crippen molar-refractivity contribution in [1.82, 2.24) is 14.7 Å². The van der Waals surface area contributed by atoms with Gasteiger partial charge in [-0.15, -0.1) is 0 Å². The molecule has 0 unspecified atom stereocenters. The number of hydrogen-bond donors (Lipinski definition) is 1. The molecule has 0 aliphatic carbocycles. The Morgan fingerprint density at radius 3 is 2.88 bits per heavy atom. The molecule has 6 heteroatoms. The van der Waals surface area contributed by atoms with Crippen LogP contribution in [0, 0.1) is 11.3 Å². The van der Waals surface area contributed by atoms with E-state index in [-0.39, 0.29) is 5.92 Å². The van der Waals surface area contributed by atoms with Gasteiger partial charge in [-0.05, 0) is 23.6 Å². The second-order valence-electron chi connectivity index (χ2n) is 7.18. The highest BCUT2D eigenvalue weighted by molar-refractivity contribution is 5.76. The Bertz CT molecular complexity index is 746. The average molecular weight is 341 g/mol. The minimum atomic E-state index is -0.671. The third-order valence-electron chi connectivity index (χ3n) is 5.50. The summed E-state index contributed by atoms with van der Waals surface area (Å²) in [5.41, 5.74) is 1.78. The number of aliphatic carboxylic acids is 1. The lowest BCUT2D eigenvalue weighted by atomic mass is 9.74. The van der Waals surface area contributed by atoms with Gasteiger partial charge in [-0.3, -0.25) is 14.4 Å². The molecule has 25 heavy (non-hydrogen) atoms. The first-order valence-corrected chi connectivity index (χ1v) is 8.74. The van der Waals surface area contributed by atoms with Crippen LogP contribution in [0.5, 0.6) is 0 Å². The van der Waals surface area contributed by atoms with E-state index in [1.54, 1.807) is 6.20 Å². The average Bonchev–Trinajstić information content (AvgIpc) is 3.22. The number of rotatable bonds is 5. The molecule has 4 rings (SSSR count). The van der Waals surface area contributed by atoms with Gasteiger partial charge in [0.25, 0.3) is 0 Å². The van der Waals surface area contributed by atoms with Crippen molar-refractivity contribution < 1.29 is 14.6 Å². The summed E-state index contributed by atoms with van der Waals surface area (Å²) in [6.07, 6.45) is 4.35. The molecule has 0 amide bonds. The molecular weight excluding hydrogens is 318 g/mol. The lowest BCUT2D eigenvalue weighted by molar-refractivity contribution is -0.157. The first kappa shape index (κ1) is 16.3. The molecule has 132 valence electrons. The molecule has 0 saturated carbocycles. The van der Waals surface area contributed by atoms with Crippen LogP contribution >= 0.6 is 0 Å². The van der Waals surface area contributed by atoms with E-state index in [9.17, 15) is 9.90 Å². The number of benzene rings is 1. The number of nitrogens with zero attached hydrogens (tertiary/aromatic N) is 3. The Hall–Kier alpha value is -2.18. The largest absolute Gasteiger partial charge is 0.481 e. The summed E-state index contributed by atoms with van der Waals surface area (Å²) in [4.78, 5) is 14.2. The monoisotopic (exact) mass is 341 g/mol. The van der Waals surface area contributed by atoms with Crippen LogP contribution in [0.2, 0.25) is 0 Å². The third-order valence-corrected chi connectivity index (χ3v) is 5.50. The maximum Gasteiger partial charge on any atom is 0.311 e. The molecule has 2 aliphatic rings. The van der Waals surface area contributed by atoms with Crippen molar-refractivity contribution in [3.8, 4) is 0 Å². The summed E-state index contributed by atoms with van der Waals surface area (Å²) in [5, 5.41) is 14.0. The summed E-state index contributed by atoms with van der Waals surface area (Å²) in [7, 11) is 0. The number of likely N-dealkylation sites (tertiary alicyclic amines) is 1. The molecule has 6 nitrogen and oxygen atoms in total. The van der Waals surface area contributed by atoms with Crippen molar-refractivity contribution in [3.63, 3.8) is 0 Å². The molecule has 2 saturated heterocycles. The zero-order valence-electron chi connectivity index (χ0n) is 14.2. The predicted molar refractivity (Wildman–Crippen MR) is 92.0 cm³/mol. The van der Waals surface area contributed by atoms with E-state index in [1.807, 2.05) is 16.9 Å². The zero-order valence-corrected chi connectivity index (χ0v) is 14.2. The van der Waals surface area contributed by atoms with Gasteiger partial charge in [-0.25, -0.2) is 0 Å². The Kier molecular flexibility index (Phi) is 4.31. The summed E-state index contributed by atoms with van der Waals surface area (Å²) in [6.45, 7) is 4.03. The molecule has 0 bridgehead atoms.